The van der Waals surface area contributed by atoms with Crippen molar-refractivity contribution in [3.8, 4) is 0 Å². The zero-order valence-corrected chi connectivity index (χ0v) is 16.1. The van der Waals surface area contributed by atoms with Gasteiger partial charge in [-0.1, -0.05) is 72.7 Å². The molecular weight excluding hydrogens is 351 g/mol. The van der Waals surface area contributed by atoms with Crippen LogP contribution < -0.4 is 0 Å². The molecule has 0 aromatic heterocycles. The normalized spacial score (nSPS) is 15.8. The van der Waals surface area contributed by atoms with Crippen molar-refractivity contribution in [2.75, 3.05) is 13.2 Å². The number of esters is 1. The van der Waals surface area contributed by atoms with Gasteiger partial charge in [-0.2, -0.15) is 0 Å². The quantitative estimate of drug-likeness (QED) is 0.266. The topological polar surface area (TPSA) is 35.5 Å². The molecule has 3 nitrogen and oxygen atoms in total. The lowest BCUT2D eigenvalue weighted by Crippen LogP contribution is -2.42. The van der Waals surface area contributed by atoms with Gasteiger partial charge in [-0.15, -0.1) is 6.58 Å². The van der Waals surface area contributed by atoms with E-state index in [0.717, 1.165) is 0 Å². The number of hydrogen-bond donors (Lipinski definition) is 0. The molecule has 0 rings (SSSR count). The van der Waals surface area contributed by atoms with Crippen LogP contribution in [0, 0.1) is 0 Å². The Kier molecular flexibility index (Phi) is 9.21. The molecule has 0 radical (unpaired) electrons. The molecule has 0 N–H and O–H groups in total. The smallest absolute Gasteiger partial charge is 0.335 e. The van der Waals surface area contributed by atoms with Crippen molar-refractivity contribution in [3.05, 3.63) is 24.8 Å². The highest BCUT2D eigenvalue weighted by molar-refractivity contribution is 6.78. The number of carbonyl (C=O) groups is 1. The van der Waals surface area contributed by atoms with Crippen LogP contribution in [0.4, 0.5) is 0 Å². The van der Waals surface area contributed by atoms with Crippen molar-refractivity contribution in [1.29, 1.82) is 0 Å². The molecule has 0 aromatic carbocycles. The minimum absolute atomic E-state index is 0.0367. The molecule has 2 atom stereocenters. The molecule has 0 saturated heterocycles. The molecule has 0 aromatic rings. The van der Waals surface area contributed by atoms with E-state index in [4.69, 9.17) is 44.3 Å². The zero-order chi connectivity index (χ0) is 16.7. The second-order valence-corrected chi connectivity index (χ2v) is 13.6. The Morgan fingerprint density at radius 2 is 1.90 bits per heavy atom. The number of allylic oxidation sites excluding steroid dienone is 1. The largest absolute Gasteiger partial charge is 0.459 e. The highest BCUT2D eigenvalue weighted by Crippen LogP contribution is 2.31. The second-order valence-electron chi connectivity index (χ2n) is 5.68. The van der Waals surface area contributed by atoms with Gasteiger partial charge in [-0.3, -0.25) is 0 Å². The summed E-state index contributed by atoms with van der Waals surface area (Å²) in [6.45, 7) is 11.9. The average Bonchev–Trinajstić information content (AvgIpc) is 2.33. The predicted octanol–water partition coefficient (Wildman–Crippen LogP) is 4.76. The first kappa shape index (κ1) is 21.0. The highest BCUT2D eigenvalue weighted by atomic mass is 35.6. The van der Waals surface area contributed by atoms with Gasteiger partial charge in [0.15, 0.2) is 6.10 Å². The number of alkyl halides is 3. The molecule has 0 saturated carbocycles. The predicted molar refractivity (Wildman–Crippen MR) is 93.1 cm³/mol. The maximum absolute atomic E-state index is 12.3. The summed E-state index contributed by atoms with van der Waals surface area (Å²) in [5, 5.41) is 0. The SMILES string of the molecule is C=CCO[C@H](C(=O)OCC(Cl)(Cl)Cl)[C@H](/C=C/C)[Si](C)(C)C. The average molecular weight is 374 g/mol. The van der Waals surface area contributed by atoms with Crippen LogP contribution in [0.2, 0.25) is 25.2 Å². The van der Waals surface area contributed by atoms with Gasteiger partial charge in [0, 0.05) is 5.54 Å². The molecule has 0 spiro atoms. The van der Waals surface area contributed by atoms with Crippen LogP contribution in [0.1, 0.15) is 6.92 Å². The standard InChI is InChI=1S/C14H23Cl3O3Si/c1-6-8-11(21(3,4)5)12(19-9-7-2)13(18)20-10-14(15,16)17/h6-8,11-12H,2,9-10H2,1,3-5H3/b8-6+/t11-,12-/m0/s1. The van der Waals surface area contributed by atoms with Gasteiger partial charge in [-0.25, -0.2) is 4.79 Å². The number of ether oxygens (including phenoxy) is 2. The number of halogens is 3. The van der Waals surface area contributed by atoms with E-state index in [-0.39, 0.29) is 18.8 Å². The maximum atomic E-state index is 12.3. The van der Waals surface area contributed by atoms with Crippen molar-refractivity contribution in [3.63, 3.8) is 0 Å². The van der Waals surface area contributed by atoms with Gasteiger partial charge in [0.05, 0.1) is 14.7 Å². The molecule has 122 valence electrons. The molecule has 0 fully saturated rings. The molecule has 0 amide bonds. The van der Waals surface area contributed by atoms with Gasteiger partial charge < -0.3 is 9.47 Å². The Labute approximate surface area is 143 Å². The van der Waals surface area contributed by atoms with Crippen LogP contribution in [-0.2, 0) is 14.3 Å². The van der Waals surface area contributed by atoms with Gasteiger partial charge in [-0.05, 0) is 6.92 Å². The summed E-state index contributed by atoms with van der Waals surface area (Å²) in [5.74, 6) is -0.520. The molecule has 21 heavy (non-hydrogen) atoms. The van der Waals surface area contributed by atoms with E-state index >= 15 is 0 Å². The van der Waals surface area contributed by atoms with Gasteiger partial charge in [0.25, 0.3) is 0 Å². The number of carbonyl (C=O) groups excluding carboxylic acids is 1. The first-order chi connectivity index (χ1) is 9.53. The molecule has 0 aliphatic carbocycles. The van der Waals surface area contributed by atoms with E-state index in [9.17, 15) is 4.79 Å². The molecule has 0 bridgehead atoms. The van der Waals surface area contributed by atoms with E-state index in [2.05, 4.69) is 26.2 Å². The van der Waals surface area contributed by atoms with Crippen molar-refractivity contribution in [2.45, 2.75) is 42.0 Å². The molecule has 0 aliphatic heterocycles. The van der Waals surface area contributed by atoms with Gasteiger partial charge in [0.2, 0.25) is 3.79 Å². The summed E-state index contributed by atoms with van der Waals surface area (Å²) in [6, 6.07) is 0. The summed E-state index contributed by atoms with van der Waals surface area (Å²) >= 11 is 16.8. The summed E-state index contributed by atoms with van der Waals surface area (Å²) in [5.41, 5.74) is -0.0367. The number of rotatable bonds is 8. The van der Waals surface area contributed by atoms with Gasteiger partial charge in [0.1, 0.15) is 6.61 Å². The monoisotopic (exact) mass is 372 g/mol. The molecule has 7 heteroatoms. The van der Waals surface area contributed by atoms with Crippen LogP contribution in [0.25, 0.3) is 0 Å². The Morgan fingerprint density at radius 1 is 1.33 bits per heavy atom. The Hall–Kier alpha value is -0.00312. The van der Waals surface area contributed by atoms with Crippen LogP contribution in [0.5, 0.6) is 0 Å². The number of hydrogen-bond acceptors (Lipinski definition) is 3. The van der Waals surface area contributed by atoms with Crippen molar-refractivity contribution < 1.29 is 14.3 Å². The van der Waals surface area contributed by atoms with E-state index < -0.39 is 23.9 Å². The second kappa shape index (κ2) is 9.21. The Bertz CT molecular complexity index is 373. The maximum Gasteiger partial charge on any atom is 0.335 e. The summed E-state index contributed by atoms with van der Waals surface area (Å²) in [4.78, 5) is 12.3. The lowest BCUT2D eigenvalue weighted by molar-refractivity contribution is -0.156. The summed E-state index contributed by atoms with van der Waals surface area (Å²) < 4.78 is 9.07. The third kappa shape index (κ3) is 8.89. The van der Waals surface area contributed by atoms with E-state index in [1.54, 1.807) is 6.08 Å². The van der Waals surface area contributed by atoms with Crippen LogP contribution in [-0.4, -0.2) is 37.2 Å². The zero-order valence-electron chi connectivity index (χ0n) is 12.9. The van der Waals surface area contributed by atoms with Crippen LogP contribution in [0.15, 0.2) is 24.8 Å². The lowest BCUT2D eigenvalue weighted by Gasteiger charge is -2.32. The molecule has 0 aliphatic rings. The summed E-state index contributed by atoms with van der Waals surface area (Å²) in [7, 11) is -1.70. The molecule has 0 unspecified atom stereocenters. The molecule has 0 heterocycles. The third-order valence-corrected chi connectivity index (χ3v) is 5.55. The van der Waals surface area contributed by atoms with Crippen molar-refractivity contribution >= 4 is 48.8 Å². The molecular formula is C14H23Cl3O3Si. The van der Waals surface area contributed by atoms with Crippen LogP contribution >= 0.6 is 34.8 Å². The first-order valence-electron chi connectivity index (χ1n) is 6.61. The van der Waals surface area contributed by atoms with E-state index in [1.807, 2.05) is 19.1 Å². The third-order valence-electron chi connectivity index (χ3n) is 2.73. The van der Waals surface area contributed by atoms with Gasteiger partial charge >= 0.3 is 5.97 Å². The fraction of sp³-hybridized carbons (Fsp3) is 0.643. The van der Waals surface area contributed by atoms with E-state index in [1.165, 1.54) is 0 Å². The fourth-order valence-corrected chi connectivity index (χ4v) is 3.85. The lowest BCUT2D eigenvalue weighted by atomic mass is 10.2. The Morgan fingerprint density at radius 3 is 2.29 bits per heavy atom. The highest BCUT2D eigenvalue weighted by Gasteiger charge is 2.38. The Balaban J connectivity index is 5.14. The fourth-order valence-electron chi connectivity index (χ4n) is 1.78. The first-order valence-corrected chi connectivity index (χ1v) is 11.3. The summed E-state index contributed by atoms with van der Waals surface area (Å²) in [6.07, 6.45) is 4.76. The van der Waals surface area contributed by atoms with Crippen molar-refractivity contribution in [1.82, 2.24) is 0 Å². The minimum Gasteiger partial charge on any atom is -0.459 e. The van der Waals surface area contributed by atoms with Crippen LogP contribution in [0.3, 0.4) is 0 Å². The van der Waals surface area contributed by atoms with Crippen molar-refractivity contribution in [2.24, 2.45) is 0 Å². The minimum atomic E-state index is -1.70. The van der Waals surface area contributed by atoms with E-state index in [0.29, 0.717) is 0 Å².